The number of likely N-dealkylation sites (N-methyl/N-ethyl adjacent to an activating group) is 1. The van der Waals surface area contributed by atoms with Crippen molar-refractivity contribution in [3.63, 3.8) is 0 Å². The predicted octanol–water partition coefficient (Wildman–Crippen LogP) is 2.23. The Labute approximate surface area is 98.8 Å². The molecule has 0 spiro atoms. The van der Waals surface area contributed by atoms with E-state index >= 15 is 0 Å². The molecule has 1 aromatic rings. The van der Waals surface area contributed by atoms with Crippen molar-refractivity contribution >= 4 is 15.9 Å². The van der Waals surface area contributed by atoms with Gasteiger partial charge in [0.25, 0.3) is 0 Å². The Bertz CT molecular complexity index is 317. The standard InChI is InChI=1S/C11H16BrNO2/c1-13(5-6-15-2)8-9-7-10(14)3-4-11(9)12/h3-4,7,14H,5-6,8H2,1-2H3. The zero-order valence-electron chi connectivity index (χ0n) is 9.03. The number of hydrogen-bond donors (Lipinski definition) is 1. The van der Waals surface area contributed by atoms with Crippen molar-refractivity contribution in [1.82, 2.24) is 4.90 Å². The summed E-state index contributed by atoms with van der Waals surface area (Å²) in [4.78, 5) is 2.14. The minimum Gasteiger partial charge on any atom is -0.508 e. The number of aromatic hydroxyl groups is 1. The molecule has 0 atom stereocenters. The molecule has 4 heteroatoms. The summed E-state index contributed by atoms with van der Waals surface area (Å²) in [5, 5.41) is 9.36. The van der Waals surface area contributed by atoms with Gasteiger partial charge in [-0.25, -0.2) is 0 Å². The van der Waals surface area contributed by atoms with Gasteiger partial charge >= 0.3 is 0 Å². The van der Waals surface area contributed by atoms with Crippen LogP contribution in [0.1, 0.15) is 5.56 Å². The van der Waals surface area contributed by atoms with E-state index in [-0.39, 0.29) is 0 Å². The maximum atomic E-state index is 9.36. The normalized spacial score (nSPS) is 10.9. The third-order valence-corrected chi connectivity index (χ3v) is 2.92. The van der Waals surface area contributed by atoms with Gasteiger partial charge in [0.1, 0.15) is 5.75 Å². The molecule has 0 saturated heterocycles. The summed E-state index contributed by atoms with van der Waals surface area (Å²) in [5.41, 5.74) is 1.08. The van der Waals surface area contributed by atoms with Gasteiger partial charge in [0.05, 0.1) is 6.61 Å². The van der Waals surface area contributed by atoms with Crippen LogP contribution in [-0.2, 0) is 11.3 Å². The molecule has 0 aliphatic heterocycles. The fourth-order valence-electron chi connectivity index (χ4n) is 1.30. The van der Waals surface area contributed by atoms with Gasteiger partial charge in [-0.3, -0.25) is 4.90 Å². The average molecular weight is 274 g/mol. The van der Waals surface area contributed by atoms with Gasteiger partial charge in [-0.2, -0.15) is 0 Å². The lowest BCUT2D eigenvalue weighted by molar-refractivity contribution is 0.158. The van der Waals surface area contributed by atoms with Crippen molar-refractivity contribution in [3.05, 3.63) is 28.2 Å². The Kier molecular flexibility index (Phi) is 5.08. The first kappa shape index (κ1) is 12.5. The first-order valence-corrected chi connectivity index (χ1v) is 5.57. The Morgan fingerprint density at radius 2 is 2.20 bits per heavy atom. The lowest BCUT2D eigenvalue weighted by atomic mass is 10.2. The van der Waals surface area contributed by atoms with Crippen LogP contribution >= 0.6 is 15.9 Å². The molecule has 0 amide bonds. The van der Waals surface area contributed by atoms with Gasteiger partial charge in [-0.05, 0) is 30.8 Å². The van der Waals surface area contributed by atoms with Gasteiger partial charge in [-0.15, -0.1) is 0 Å². The van der Waals surface area contributed by atoms with Gasteiger partial charge in [0, 0.05) is 24.7 Å². The van der Waals surface area contributed by atoms with Crippen molar-refractivity contribution in [2.24, 2.45) is 0 Å². The molecule has 0 aromatic heterocycles. The van der Waals surface area contributed by atoms with E-state index in [1.165, 1.54) is 0 Å². The van der Waals surface area contributed by atoms with Crippen molar-refractivity contribution in [2.75, 3.05) is 27.3 Å². The summed E-state index contributed by atoms with van der Waals surface area (Å²) in [6.45, 7) is 2.38. The fourth-order valence-corrected chi connectivity index (χ4v) is 1.67. The van der Waals surface area contributed by atoms with Gasteiger partial charge in [0.2, 0.25) is 0 Å². The summed E-state index contributed by atoms with van der Waals surface area (Å²) in [6.07, 6.45) is 0. The van der Waals surface area contributed by atoms with E-state index in [9.17, 15) is 5.11 Å². The van der Waals surface area contributed by atoms with Crippen LogP contribution < -0.4 is 0 Å². The second-order valence-electron chi connectivity index (χ2n) is 3.51. The summed E-state index contributed by atoms with van der Waals surface area (Å²) >= 11 is 3.46. The third-order valence-electron chi connectivity index (χ3n) is 2.15. The molecule has 0 aliphatic carbocycles. The summed E-state index contributed by atoms with van der Waals surface area (Å²) in [6, 6.07) is 5.30. The highest BCUT2D eigenvalue weighted by molar-refractivity contribution is 9.10. The van der Waals surface area contributed by atoms with Crippen LogP contribution in [0, 0.1) is 0 Å². The molecule has 3 nitrogen and oxygen atoms in total. The Balaban J connectivity index is 2.59. The lowest BCUT2D eigenvalue weighted by Crippen LogP contribution is -2.22. The van der Waals surface area contributed by atoms with E-state index < -0.39 is 0 Å². The van der Waals surface area contributed by atoms with E-state index in [2.05, 4.69) is 20.8 Å². The van der Waals surface area contributed by atoms with Gasteiger partial charge in [-0.1, -0.05) is 15.9 Å². The molecule has 0 heterocycles. The minimum absolute atomic E-state index is 0.299. The van der Waals surface area contributed by atoms with E-state index in [1.54, 1.807) is 19.2 Å². The third kappa shape index (κ3) is 4.20. The number of phenols is 1. The van der Waals surface area contributed by atoms with E-state index in [0.29, 0.717) is 12.4 Å². The van der Waals surface area contributed by atoms with E-state index in [1.807, 2.05) is 13.1 Å². The van der Waals surface area contributed by atoms with Crippen molar-refractivity contribution in [2.45, 2.75) is 6.54 Å². The molecule has 15 heavy (non-hydrogen) atoms. The van der Waals surface area contributed by atoms with Crippen molar-refractivity contribution in [3.8, 4) is 5.75 Å². The quantitative estimate of drug-likeness (QED) is 0.893. The van der Waals surface area contributed by atoms with Gasteiger partial charge in [0.15, 0.2) is 0 Å². The molecule has 84 valence electrons. The van der Waals surface area contributed by atoms with Crippen molar-refractivity contribution < 1.29 is 9.84 Å². The van der Waals surface area contributed by atoms with Gasteiger partial charge < -0.3 is 9.84 Å². The average Bonchev–Trinajstić information content (AvgIpc) is 2.20. The molecule has 1 rings (SSSR count). The summed E-state index contributed by atoms with van der Waals surface area (Å²) in [5.74, 6) is 0.299. The molecule has 0 aliphatic rings. The summed E-state index contributed by atoms with van der Waals surface area (Å²) in [7, 11) is 3.72. The molecule has 0 bridgehead atoms. The molecule has 1 N–H and O–H groups in total. The second kappa shape index (κ2) is 6.10. The highest BCUT2D eigenvalue weighted by Gasteiger charge is 2.04. The zero-order chi connectivity index (χ0) is 11.3. The smallest absolute Gasteiger partial charge is 0.115 e. The highest BCUT2D eigenvalue weighted by Crippen LogP contribution is 2.22. The Morgan fingerprint density at radius 1 is 1.47 bits per heavy atom. The maximum absolute atomic E-state index is 9.36. The molecule has 0 unspecified atom stereocenters. The number of methoxy groups -OCH3 is 1. The number of nitrogens with zero attached hydrogens (tertiary/aromatic N) is 1. The number of rotatable bonds is 5. The Hall–Kier alpha value is -0.580. The molecule has 0 saturated carbocycles. The number of benzene rings is 1. The lowest BCUT2D eigenvalue weighted by Gasteiger charge is -2.17. The van der Waals surface area contributed by atoms with E-state index in [4.69, 9.17) is 4.74 Å². The fraction of sp³-hybridized carbons (Fsp3) is 0.455. The minimum atomic E-state index is 0.299. The van der Waals surface area contributed by atoms with E-state index in [0.717, 1.165) is 23.1 Å². The maximum Gasteiger partial charge on any atom is 0.115 e. The molecule has 1 aromatic carbocycles. The van der Waals surface area contributed by atoms with Crippen LogP contribution in [0.5, 0.6) is 5.75 Å². The van der Waals surface area contributed by atoms with Crippen LogP contribution in [0.15, 0.2) is 22.7 Å². The predicted molar refractivity (Wildman–Crippen MR) is 64.0 cm³/mol. The highest BCUT2D eigenvalue weighted by atomic mass is 79.9. The molecular weight excluding hydrogens is 258 g/mol. The van der Waals surface area contributed by atoms with Crippen molar-refractivity contribution in [1.29, 1.82) is 0 Å². The molecular formula is C11H16BrNO2. The number of phenolic OH excluding ortho intramolecular Hbond substituents is 1. The van der Waals surface area contributed by atoms with Crippen LogP contribution in [0.4, 0.5) is 0 Å². The van der Waals surface area contributed by atoms with Crippen LogP contribution in [0.2, 0.25) is 0 Å². The molecule has 0 fully saturated rings. The molecule has 0 radical (unpaired) electrons. The number of hydrogen-bond acceptors (Lipinski definition) is 3. The topological polar surface area (TPSA) is 32.7 Å². The first-order chi connectivity index (χ1) is 7.13. The SMILES string of the molecule is COCCN(C)Cc1cc(O)ccc1Br. The second-order valence-corrected chi connectivity index (χ2v) is 4.36. The van der Waals surface area contributed by atoms with Crippen LogP contribution in [0.25, 0.3) is 0 Å². The largest absolute Gasteiger partial charge is 0.508 e. The number of halogens is 1. The van der Waals surface area contributed by atoms with Crippen LogP contribution in [-0.4, -0.2) is 37.3 Å². The van der Waals surface area contributed by atoms with Crippen LogP contribution in [0.3, 0.4) is 0 Å². The monoisotopic (exact) mass is 273 g/mol. The Morgan fingerprint density at radius 3 is 2.87 bits per heavy atom. The first-order valence-electron chi connectivity index (χ1n) is 4.78. The zero-order valence-corrected chi connectivity index (χ0v) is 10.6. The summed E-state index contributed by atoms with van der Waals surface area (Å²) < 4.78 is 6.02. The number of ether oxygens (including phenoxy) is 1.